The van der Waals surface area contributed by atoms with E-state index < -0.39 is 0 Å². The summed E-state index contributed by atoms with van der Waals surface area (Å²) in [5, 5.41) is 0. The standard InChI is InChI=1S/C6H6BrNOS/c1-9-3-2-5-4-8-6(7)10-5/h2-4H,1H3/b3-2-. The first-order valence-electron chi connectivity index (χ1n) is 2.63. The van der Waals surface area contributed by atoms with Gasteiger partial charge in [0.25, 0.3) is 0 Å². The van der Waals surface area contributed by atoms with Crippen LogP contribution >= 0.6 is 27.3 Å². The molecule has 1 rings (SSSR count). The Hall–Kier alpha value is -0.350. The first-order valence-corrected chi connectivity index (χ1v) is 4.24. The van der Waals surface area contributed by atoms with Crippen molar-refractivity contribution >= 4 is 33.3 Å². The number of ether oxygens (including phenoxy) is 1. The SMILES string of the molecule is CO/C=C\c1cnc(Br)s1. The third kappa shape index (κ3) is 2.11. The van der Waals surface area contributed by atoms with E-state index in [9.17, 15) is 0 Å². The first-order chi connectivity index (χ1) is 4.83. The summed E-state index contributed by atoms with van der Waals surface area (Å²) in [4.78, 5) is 5.08. The zero-order valence-electron chi connectivity index (χ0n) is 5.37. The molecule has 0 unspecified atom stereocenters. The van der Waals surface area contributed by atoms with Gasteiger partial charge >= 0.3 is 0 Å². The highest BCUT2D eigenvalue weighted by atomic mass is 79.9. The molecule has 0 fully saturated rings. The smallest absolute Gasteiger partial charge is 0.159 e. The number of methoxy groups -OCH3 is 1. The second-order valence-corrected chi connectivity index (χ2v) is 3.89. The zero-order valence-corrected chi connectivity index (χ0v) is 7.78. The Morgan fingerprint density at radius 2 is 2.60 bits per heavy atom. The Labute approximate surface area is 71.7 Å². The number of hydrogen-bond donors (Lipinski definition) is 0. The third-order valence-corrected chi connectivity index (χ3v) is 2.31. The molecule has 0 amide bonds. The number of hydrogen-bond acceptors (Lipinski definition) is 3. The van der Waals surface area contributed by atoms with Crippen molar-refractivity contribution in [2.45, 2.75) is 0 Å². The molecule has 0 N–H and O–H groups in total. The van der Waals surface area contributed by atoms with Crippen LogP contribution in [0.5, 0.6) is 0 Å². The van der Waals surface area contributed by atoms with Gasteiger partial charge < -0.3 is 4.74 Å². The van der Waals surface area contributed by atoms with Crippen LogP contribution in [0.3, 0.4) is 0 Å². The molecule has 0 aliphatic heterocycles. The average molecular weight is 220 g/mol. The van der Waals surface area contributed by atoms with E-state index >= 15 is 0 Å². The fraction of sp³-hybridized carbons (Fsp3) is 0.167. The van der Waals surface area contributed by atoms with Crippen molar-refractivity contribution in [3.63, 3.8) is 0 Å². The molecule has 0 bridgehead atoms. The van der Waals surface area contributed by atoms with Crippen LogP contribution in [0, 0.1) is 0 Å². The lowest BCUT2D eigenvalue weighted by atomic mass is 10.5. The Morgan fingerprint density at radius 1 is 1.80 bits per heavy atom. The van der Waals surface area contributed by atoms with Crippen LogP contribution < -0.4 is 0 Å². The van der Waals surface area contributed by atoms with Gasteiger partial charge in [0.05, 0.1) is 18.2 Å². The zero-order chi connectivity index (χ0) is 7.40. The van der Waals surface area contributed by atoms with Gasteiger partial charge in [0.15, 0.2) is 3.92 Å². The number of nitrogens with zero attached hydrogens (tertiary/aromatic N) is 1. The molecule has 2 nitrogen and oxygen atoms in total. The van der Waals surface area contributed by atoms with Gasteiger partial charge in [-0.25, -0.2) is 4.98 Å². The van der Waals surface area contributed by atoms with Crippen LogP contribution in [0.15, 0.2) is 16.4 Å². The summed E-state index contributed by atoms with van der Waals surface area (Å²) in [7, 11) is 1.62. The summed E-state index contributed by atoms with van der Waals surface area (Å²) in [6.45, 7) is 0. The molecule has 0 aliphatic rings. The Kier molecular flexibility index (Phi) is 2.89. The molecule has 10 heavy (non-hydrogen) atoms. The van der Waals surface area contributed by atoms with Gasteiger partial charge in [0.1, 0.15) is 0 Å². The highest BCUT2D eigenvalue weighted by Gasteiger charge is 1.92. The largest absolute Gasteiger partial charge is 0.504 e. The van der Waals surface area contributed by atoms with Crippen LogP contribution in [0.1, 0.15) is 4.88 Å². The predicted molar refractivity (Wildman–Crippen MR) is 45.9 cm³/mol. The van der Waals surface area contributed by atoms with Crippen LogP contribution in [0.4, 0.5) is 0 Å². The van der Waals surface area contributed by atoms with E-state index in [1.165, 1.54) is 0 Å². The number of aromatic nitrogens is 1. The number of halogens is 1. The fourth-order valence-electron chi connectivity index (χ4n) is 0.476. The molecule has 0 atom stereocenters. The summed E-state index contributed by atoms with van der Waals surface area (Å²) in [6, 6.07) is 0. The molecule has 0 spiro atoms. The maximum atomic E-state index is 4.74. The van der Waals surface area contributed by atoms with Gasteiger partial charge in [0, 0.05) is 6.20 Å². The van der Waals surface area contributed by atoms with Gasteiger partial charge in [-0.2, -0.15) is 0 Å². The summed E-state index contributed by atoms with van der Waals surface area (Å²) in [5.41, 5.74) is 0. The van der Waals surface area contributed by atoms with Crippen molar-refractivity contribution in [3.05, 3.63) is 21.3 Å². The molecule has 1 heterocycles. The fourth-order valence-corrected chi connectivity index (χ4v) is 1.67. The third-order valence-electron chi connectivity index (χ3n) is 0.864. The summed E-state index contributed by atoms with van der Waals surface area (Å²) in [6.07, 6.45) is 5.27. The van der Waals surface area contributed by atoms with Gasteiger partial charge in [-0.05, 0) is 22.0 Å². The molecular weight excluding hydrogens is 214 g/mol. The monoisotopic (exact) mass is 219 g/mol. The molecule has 1 aromatic rings. The molecule has 0 aliphatic carbocycles. The molecule has 0 radical (unpaired) electrons. The normalized spacial score (nSPS) is 10.6. The van der Waals surface area contributed by atoms with Crippen molar-refractivity contribution in [1.29, 1.82) is 0 Å². The Morgan fingerprint density at radius 3 is 3.10 bits per heavy atom. The second kappa shape index (κ2) is 3.73. The van der Waals surface area contributed by atoms with E-state index in [0.29, 0.717) is 0 Å². The van der Waals surface area contributed by atoms with Crippen LogP contribution in [0.25, 0.3) is 6.08 Å². The van der Waals surface area contributed by atoms with E-state index in [4.69, 9.17) is 4.74 Å². The number of rotatable bonds is 2. The van der Waals surface area contributed by atoms with E-state index in [1.54, 1.807) is 30.9 Å². The quantitative estimate of drug-likeness (QED) is 0.714. The second-order valence-electron chi connectivity index (χ2n) is 1.55. The van der Waals surface area contributed by atoms with Gasteiger partial charge in [-0.3, -0.25) is 0 Å². The van der Waals surface area contributed by atoms with Gasteiger partial charge in [-0.15, -0.1) is 11.3 Å². The van der Waals surface area contributed by atoms with Crippen molar-refractivity contribution in [2.24, 2.45) is 0 Å². The van der Waals surface area contributed by atoms with Gasteiger partial charge in [-0.1, -0.05) is 0 Å². The van der Waals surface area contributed by atoms with Gasteiger partial charge in [0.2, 0.25) is 0 Å². The van der Waals surface area contributed by atoms with E-state index in [0.717, 1.165) is 8.79 Å². The summed E-state index contributed by atoms with van der Waals surface area (Å²) >= 11 is 4.82. The van der Waals surface area contributed by atoms with Crippen molar-refractivity contribution in [1.82, 2.24) is 4.98 Å². The molecule has 1 aromatic heterocycles. The maximum absolute atomic E-state index is 4.74. The van der Waals surface area contributed by atoms with Crippen molar-refractivity contribution < 1.29 is 4.74 Å². The minimum absolute atomic E-state index is 0.892. The molecule has 4 heteroatoms. The topological polar surface area (TPSA) is 22.1 Å². The molecule has 0 saturated carbocycles. The minimum Gasteiger partial charge on any atom is -0.504 e. The van der Waals surface area contributed by atoms with E-state index in [2.05, 4.69) is 20.9 Å². The van der Waals surface area contributed by atoms with Crippen LogP contribution in [-0.2, 0) is 4.74 Å². The number of thiazole rings is 1. The Balaban J connectivity index is 2.67. The minimum atomic E-state index is 0.892. The van der Waals surface area contributed by atoms with Crippen molar-refractivity contribution in [3.8, 4) is 0 Å². The molecule has 54 valence electrons. The van der Waals surface area contributed by atoms with E-state index in [-0.39, 0.29) is 0 Å². The lowest BCUT2D eigenvalue weighted by molar-refractivity contribution is 0.341. The maximum Gasteiger partial charge on any atom is 0.159 e. The predicted octanol–water partition coefficient (Wildman–Crippen LogP) is 2.52. The first kappa shape index (κ1) is 7.75. The average Bonchev–Trinajstić information content (AvgIpc) is 2.31. The molecule has 0 aromatic carbocycles. The van der Waals surface area contributed by atoms with E-state index in [1.807, 2.05) is 6.08 Å². The highest BCUT2D eigenvalue weighted by molar-refractivity contribution is 9.11. The lowest BCUT2D eigenvalue weighted by Crippen LogP contribution is -1.62. The van der Waals surface area contributed by atoms with Crippen LogP contribution in [0.2, 0.25) is 0 Å². The summed E-state index contributed by atoms with van der Waals surface area (Å²) in [5.74, 6) is 0. The molecule has 0 saturated heterocycles. The Bertz CT molecular complexity index is 233. The van der Waals surface area contributed by atoms with Crippen molar-refractivity contribution in [2.75, 3.05) is 7.11 Å². The summed E-state index contributed by atoms with van der Waals surface area (Å²) < 4.78 is 5.63. The molecular formula is C6H6BrNOS. The highest BCUT2D eigenvalue weighted by Crippen LogP contribution is 2.19. The lowest BCUT2D eigenvalue weighted by Gasteiger charge is -1.82. The van der Waals surface area contributed by atoms with Crippen LogP contribution in [-0.4, -0.2) is 12.1 Å².